The summed E-state index contributed by atoms with van der Waals surface area (Å²) in [6.07, 6.45) is 7.02. The number of carbonyl (C=O) groups excluding carboxylic acids is 1. The minimum atomic E-state index is -0.127. The summed E-state index contributed by atoms with van der Waals surface area (Å²) >= 11 is 1.44. The molecule has 0 radical (unpaired) electrons. The fraction of sp³-hybridized carbons (Fsp3) is 0.684. The van der Waals surface area contributed by atoms with Crippen molar-refractivity contribution in [1.82, 2.24) is 24.8 Å². The molecular weight excluding hydrogens is 376 g/mol. The van der Waals surface area contributed by atoms with E-state index in [1.54, 1.807) is 13.0 Å². The van der Waals surface area contributed by atoms with Crippen molar-refractivity contribution in [3.8, 4) is 0 Å². The lowest BCUT2D eigenvalue weighted by Crippen LogP contribution is -2.26. The molecule has 0 saturated heterocycles. The van der Waals surface area contributed by atoms with Crippen LogP contribution in [-0.2, 0) is 4.79 Å². The lowest BCUT2D eigenvalue weighted by molar-refractivity contribution is -0.113. The standard InChI is InChI=1S/C19H30N6O2S/c1-5-15(24(3)4)18-21-22-19(25(18)14-9-7-6-8-10-14)28-12-17(26)20-16-11-13(2)27-23-16/h11,14-15H,5-10,12H2,1-4H3,(H,20,23,26). The summed E-state index contributed by atoms with van der Waals surface area (Å²) in [5, 5.41) is 16.4. The zero-order chi connectivity index (χ0) is 20.1. The highest BCUT2D eigenvalue weighted by molar-refractivity contribution is 7.99. The number of carbonyl (C=O) groups is 1. The summed E-state index contributed by atoms with van der Waals surface area (Å²) in [4.78, 5) is 14.5. The van der Waals surface area contributed by atoms with Gasteiger partial charge in [0.05, 0.1) is 11.8 Å². The number of aryl methyl sites for hydroxylation is 1. The van der Waals surface area contributed by atoms with Crippen LogP contribution in [0.1, 0.15) is 69.1 Å². The van der Waals surface area contributed by atoms with E-state index < -0.39 is 0 Å². The number of hydrogen-bond donors (Lipinski definition) is 1. The highest BCUT2D eigenvalue weighted by atomic mass is 32.2. The molecule has 2 aromatic heterocycles. The van der Waals surface area contributed by atoms with Crippen LogP contribution < -0.4 is 5.32 Å². The Hall–Kier alpha value is -1.87. The Bertz CT molecular complexity index is 781. The van der Waals surface area contributed by atoms with Gasteiger partial charge in [0.1, 0.15) is 5.76 Å². The normalized spacial score (nSPS) is 16.5. The van der Waals surface area contributed by atoms with Crippen molar-refractivity contribution >= 4 is 23.5 Å². The van der Waals surface area contributed by atoms with Gasteiger partial charge in [-0.15, -0.1) is 10.2 Å². The summed E-state index contributed by atoms with van der Waals surface area (Å²) in [7, 11) is 4.16. The molecule has 1 amide bonds. The molecule has 1 fully saturated rings. The Kier molecular flexibility index (Phi) is 7.12. The molecule has 1 unspecified atom stereocenters. The number of hydrogen-bond acceptors (Lipinski definition) is 7. The van der Waals surface area contributed by atoms with E-state index in [-0.39, 0.29) is 17.7 Å². The lowest BCUT2D eigenvalue weighted by Gasteiger charge is -2.29. The van der Waals surface area contributed by atoms with Gasteiger partial charge in [-0.05, 0) is 40.3 Å². The van der Waals surface area contributed by atoms with Gasteiger partial charge in [-0.25, -0.2) is 0 Å². The number of nitrogens with zero attached hydrogens (tertiary/aromatic N) is 5. The van der Waals surface area contributed by atoms with Crippen molar-refractivity contribution < 1.29 is 9.32 Å². The van der Waals surface area contributed by atoms with E-state index in [0.717, 1.165) is 30.2 Å². The monoisotopic (exact) mass is 406 g/mol. The molecule has 1 atom stereocenters. The van der Waals surface area contributed by atoms with E-state index in [2.05, 4.69) is 51.2 Å². The molecule has 8 nitrogen and oxygen atoms in total. The van der Waals surface area contributed by atoms with Gasteiger partial charge in [0, 0.05) is 12.1 Å². The molecule has 1 aliphatic rings. The first-order valence-corrected chi connectivity index (χ1v) is 10.9. The second-order valence-electron chi connectivity index (χ2n) is 7.55. The van der Waals surface area contributed by atoms with E-state index in [0.29, 0.717) is 17.6 Å². The molecule has 9 heteroatoms. The Morgan fingerprint density at radius 1 is 1.36 bits per heavy atom. The minimum absolute atomic E-state index is 0.127. The number of aromatic nitrogens is 4. The van der Waals surface area contributed by atoms with Crippen molar-refractivity contribution in [3.63, 3.8) is 0 Å². The van der Waals surface area contributed by atoms with Gasteiger partial charge < -0.3 is 14.4 Å². The van der Waals surface area contributed by atoms with Gasteiger partial charge in [0.15, 0.2) is 16.8 Å². The Labute approximate surface area is 170 Å². The van der Waals surface area contributed by atoms with Crippen molar-refractivity contribution in [1.29, 1.82) is 0 Å². The van der Waals surface area contributed by atoms with Crippen LogP contribution in [0, 0.1) is 6.92 Å². The van der Waals surface area contributed by atoms with Crippen molar-refractivity contribution in [2.75, 3.05) is 25.2 Å². The van der Waals surface area contributed by atoms with Crippen LogP contribution in [0.25, 0.3) is 0 Å². The van der Waals surface area contributed by atoms with E-state index in [4.69, 9.17) is 4.52 Å². The van der Waals surface area contributed by atoms with E-state index in [1.165, 1.54) is 31.0 Å². The maximum absolute atomic E-state index is 12.3. The van der Waals surface area contributed by atoms with Crippen molar-refractivity contribution in [2.45, 2.75) is 69.6 Å². The first-order valence-electron chi connectivity index (χ1n) is 9.96. The Morgan fingerprint density at radius 2 is 2.11 bits per heavy atom. The van der Waals surface area contributed by atoms with Gasteiger partial charge in [-0.1, -0.05) is 43.1 Å². The van der Waals surface area contributed by atoms with Crippen LogP contribution in [0.2, 0.25) is 0 Å². The molecule has 3 rings (SSSR count). The second kappa shape index (κ2) is 9.56. The predicted octanol–water partition coefficient (Wildman–Crippen LogP) is 3.82. The fourth-order valence-corrected chi connectivity index (χ4v) is 4.62. The van der Waals surface area contributed by atoms with Crippen LogP contribution in [0.4, 0.5) is 5.82 Å². The maximum Gasteiger partial charge on any atom is 0.236 e. The van der Waals surface area contributed by atoms with E-state index in [1.807, 2.05) is 0 Å². The van der Waals surface area contributed by atoms with E-state index in [9.17, 15) is 4.79 Å². The van der Waals surface area contributed by atoms with Crippen LogP contribution >= 0.6 is 11.8 Å². The van der Waals surface area contributed by atoms with Gasteiger partial charge >= 0.3 is 0 Å². The smallest absolute Gasteiger partial charge is 0.236 e. The average molecular weight is 407 g/mol. The summed E-state index contributed by atoms with van der Waals surface area (Å²) in [5.74, 6) is 2.25. The first-order chi connectivity index (χ1) is 13.5. The highest BCUT2D eigenvalue weighted by Crippen LogP contribution is 2.35. The number of thioether (sulfide) groups is 1. The zero-order valence-corrected chi connectivity index (χ0v) is 18.0. The molecular formula is C19H30N6O2S. The molecule has 0 aliphatic heterocycles. The molecule has 1 N–H and O–H groups in total. The number of anilines is 1. The molecule has 1 saturated carbocycles. The van der Waals surface area contributed by atoms with Gasteiger partial charge in [0.25, 0.3) is 0 Å². The first kappa shape index (κ1) is 20.9. The van der Waals surface area contributed by atoms with Gasteiger partial charge in [0.2, 0.25) is 5.91 Å². The number of amides is 1. The Balaban J connectivity index is 1.75. The highest BCUT2D eigenvalue weighted by Gasteiger charge is 2.28. The molecule has 154 valence electrons. The molecule has 0 spiro atoms. The summed E-state index contributed by atoms with van der Waals surface area (Å²) in [6.45, 7) is 3.96. The van der Waals surface area contributed by atoms with Crippen LogP contribution in [-0.4, -0.2) is 50.6 Å². The topological polar surface area (TPSA) is 89.1 Å². The maximum atomic E-state index is 12.3. The summed E-state index contributed by atoms with van der Waals surface area (Å²) in [6, 6.07) is 2.33. The molecule has 2 aromatic rings. The molecule has 1 aliphatic carbocycles. The molecule has 2 heterocycles. The second-order valence-corrected chi connectivity index (χ2v) is 8.49. The van der Waals surface area contributed by atoms with Crippen LogP contribution in [0.5, 0.6) is 0 Å². The fourth-order valence-electron chi connectivity index (χ4n) is 3.81. The average Bonchev–Trinajstić information content (AvgIpc) is 3.27. The van der Waals surface area contributed by atoms with Gasteiger partial charge in [-0.3, -0.25) is 9.69 Å². The summed E-state index contributed by atoms with van der Waals surface area (Å²) in [5.41, 5.74) is 0. The molecule has 0 bridgehead atoms. The van der Waals surface area contributed by atoms with Gasteiger partial charge in [-0.2, -0.15) is 0 Å². The number of nitrogens with one attached hydrogen (secondary N) is 1. The summed E-state index contributed by atoms with van der Waals surface area (Å²) < 4.78 is 7.29. The van der Waals surface area contributed by atoms with Crippen LogP contribution in [0.3, 0.4) is 0 Å². The third-order valence-corrected chi connectivity index (χ3v) is 6.11. The predicted molar refractivity (Wildman–Crippen MR) is 109 cm³/mol. The van der Waals surface area contributed by atoms with Crippen molar-refractivity contribution in [2.24, 2.45) is 0 Å². The molecule has 0 aromatic carbocycles. The molecule has 28 heavy (non-hydrogen) atoms. The quantitative estimate of drug-likeness (QED) is 0.667. The largest absolute Gasteiger partial charge is 0.360 e. The third kappa shape index (κ3) is 4.94. The Morgan fingerprint density at radius 3 is 2.71 bits per heavy atom. The SMILES string of the molecule is CCC(c1nnc(SCC(=O)Nc2cc(C)on2)n1C1CCCCC1)N(C)C. The third-order valence-electron chi connectivity index (χ3n) is 5.17. The minimum Gasteiger partial charge on any atom is -0.360 e. The zero-order valence-electron chi connectivity index (χ0n) is 17.1. The van der Waals surface area contributed by atoms with E-state index >= 15 is 0 Å². The lowest BCUT2D eigenvalue weighted by atomic mass is 9.95. The van der Waals surface area contributed by atoms with Crippen molar-refractivity contribution in [3.05, 3.63) is 17.7 Å². The number of rotatable bonds is 8. The van der Waals surface area contributed by atoms with Crippen LogP contribution in [0.15, 0.2) is 15.7 Å².